The highest BCUT2D eigenvalue weighted by Gasteiger charge is 2.04. The van der Waals surface area contributed by atoms with E-state index in [1.807, 2.05) is 24.3 Å². The molecule has 0 atom stereocenters. The maximum Gasteiger partial charge on any atom is 0.313 e. The summed E-state index contributed by atoms with van der Waals surface area (Å²) in [4.78, 5) is 18.6. The molecule has 2 N–H and O–H groups in total. The van der Waals surface area contributed by atoms with Gasteiger partial charge in [-0.15, -0.1) is 0 Å². The zero-order chi connectivity index (χ0) is 14.4. The van der Waals surface area contributed by atoms with Gasteiger partial charge in [-0.1, -0.05) is 17.8 Å². The quantitative estimate of drug-likeness (QED) is 0.624. The van der Waals surface area contributed by atoms with Crippen LogP contribution in [0.15, 0.2) is 41.7 Å². The number of anilines is 2. The Balaban J connectivity index is 2.08. The molecule has 0 unspecified atom stereocenters. The highest BCUT2D eigenvalue weighted by Crippen LogP contribution is 2.22. The van der Waals surface area contributed by atoms with Crippen molar-refractivity contribution < 1.29 is 14.6 Å². The number of rotatable bonds is 6. The number of aliphatic carboxylic acids is 1. The molecule has 2 rings (SSSR count). The zero-order valence-corrected chi connectivity index (χ0v) is 11.6. The number of ether oxygens (including phenoxy) is 1. The van der Waals surface area contributed by atoms with Crippen LogP contribution >= 0.6 is 11.8 Å². The Morgan fingerprint density at radius 3 is 3.00 bits per heavy atom. The molecule has 1 aromatic carbocycles. The third-order valence-electron chi connectivity index (χ3n) is 2.33. The summed E-state index contributed by atoms with van der Waals surface area (Å²) in [6.45, 7) is 0. The van der Waals surface area contributed by atoms with E-state index in [-0.39, 0.29) is 5.75 Å². The lowest BCUT2D eigenvalue weighted by molar-refractivity contribution is -0.133. The first-order chi connectivity index (χ1) is 9.67. The molecule has 1 aromatic heterocycles. The number of nitrogens with one attached hydrogen (secondary N) is 1. The average molecular weight is 291 g/mol. The number of hydrogen-bond donors (Lipinski definition) is 2. The van der Waals surface area contributed by atoms with E-state index in [1.165, 1.54) is 6.33 Å². The van der Waals surface area contributed by atoms with Crippen molar-refractivity contribution in [1.29, 1.82) is 0 Å². The van der Waals surface area contributed by atoms with Gasteiger partial charge in [-0.2, -0.15) is 0 Å². The molecule has 20 heavy (non-hydrogen) atoms. The van der Waals surface area contributed by atoms with Crippen LogP contribution in [0.4, 0.5) is 11.5 Å². The van der Waals surface area contributed by atoms with Crippen molar-refractivity contribution in [2.45, 2.75) is 5.03 Å². The summed E-state index contributed by atoms with van der Waals surface area (Å²) >= 11 is 1.15. The van der Waals surface area contributed by atoms with Crippen LogP contribution in [-0.4, -0.2) is 33.9 Å². The highest BCUT2D eigenvalue weighted by atomic mass is 32.2. The van der Waals surface area contributed by atoms with Gasteiger partial charge in [0, 0.05) is 17.8 Å². The molecule has 0 aliphatic heterocycles. The Hall–Kier alpha value is -2.28. The predicted octanol–water partition coefficient (Wildman–Crippen LogP) is 2.41. The van der Waals surface area contributed by atoms with E-state index in [9.17, 15) is 4.79 Å². The van der Waals surface area contributed by atoms with E-state index in [4.69, 9.17) is 9.84 Å². The van der Waals surface area contributed by atoms with Crippen LogP contribution in [0.25, 0.3) is 0 Å². The fourth-order valence-corrected chi connectivity index (χ4v) is 2.06. The second-order valence-electron chi connectivity index (χ2n) is 3.78. The monoisotopic (exact) mass is 291 g/mol. The first-order valence-electron chi connectivity index (χ1n) is 5.75. The Morgan fingerprint density at radius 2 is 2.25 bits per heavy atom. The van der Waals surface area contributed by atoms with E-state index < -0.39 is 5.97 Å². The number of aromatic nitrogens is 2. The molecule has 0 aliphatic carbocycles. The highest BCUT2D eigenvalue weighted by molar-refractivity contribution is 7.99. The molecular formula is C13H13N3O3S. The molecule has 0 aliphatic rings. The topological polar surface area (TPSA) is 84.3 Å². The molecular weight excluding hydrogens is 278 g/mol. The van der Waals surface area contributed by atoms with E-state index in [0.29, 0.717) is 10.8 Å². The molecule has 6 nitrogen and oxygen atoms in total. The van der Waals surface area contributed by atoms with Crippen molar-refractivity contribution in [1.82, 2.24) is 9.97 Å². The number of nitrogens with zero attached hydrogens (tertiary/aromatic N) is 2. The molecule has 2 aromatic rings. The van der Waals surface area contributed by atoms with Gasteiger partial charge in [0.25, 0.3) is 0 Å². The van der Waals surface area contributed by atoms with E-state index in [1.54, 1.807) is 13.2 Å². The lowest BCUT2D eigenvalue weighted by Gasteiger charge is -2.07. The maximum absolute atomic E-state index is 10.5. The van der Waals surface area contributed by atoms with Gasteiger partial charge in [0.2, 0.25) is 0 Å². The van der Waals surface area contributed by atoms with Crippen LogP contribution in [0.5, 0.6) is 5.75 Å². The molecule has 0 saturated carbocycles. The molecule has 0 saturated heterocycles. The van der Waals surface area contributed by atoms with Gasteiger partial charge >= 0.3 is 5.97 Å². The summed E-state index contributed by atoms with van der Waals surface area (Å²) < 4.78 is 5.14. The summed E-state index contributed by atoms with van der Waals surface area (Å²) in [6.07, 6.45) is 1.40. The van der Waals surface area contributed by atoms with E-state index >= 15 is 0 Å². The number of carbonyl (C=O) groups is 1. The number of hydrogen-bond acceptors (Lipinski definition) is 6. The van der Waals surface area contributed by atoms with Crippen molar-refractivity contribution in [3.63, 3.8) is 0 Å². The van der Waals surface area contributed by atoms with Crippen LogP contribution in [0.2, 0.25) is 0 Å². The minimum atomic E-state index is -0.879. The Kier molecular flexibility index (Phi) is 4.78. The summed E-state index contributed by atoms with van der Waals surface area (Å²) in [5.74, 6) is 0.428. The van der Waals surface area contributed by atoms with Crippen molar-refractivity contribution in [2.75, 3.05) is 18.2 Å². The summed E-state index contributed by atoms with van der Waals surface area (Å²) in [7, 11) is 1.60. The molecule has 0 spiro atoms. The van der Waals surface area contributed by atoms with Crippen LogP contribution in [0, 0.1) is 0 Å². The second kappa shape index (κ2) is 6.76. The molecule has 7 heteroatoms. The van der Waals surface area contributed by atoms with Gasteiger partial charge in [0.1, 0.15) is 22.9 Å². The fraction of sp³-hybridized carbons (Fsp3) is 0.154. The molecule has 0 radical (unpaired) electrons. The second-order valence-corrected chi connectivity index (χ2v) is 4.78. The molecule has 0 fully saturated rings. The SMILES string of the molecule is COc1cccc(Nc2cc(SCC(=O)O)ncn2)c1. The number of carboxylic acid groups (broad SMARTS) is 1. The average Bonchev–Trinajstić information content (AvgIpc) is 2.46. The maximum atomic E-state index is 10.5. The number of carboxylic acids is 1. The lowest BCUT2D eigenvalue weighted by Crippen LogP contribution is -1.99. The van der Waals surface area contributed by atoms with Crippen LogP contribution < -0.4 is 10.1 Å². The number of methoxy groups -OCH3 is 1. The van der Waals surface area contributed by atoms with Gasteiger partial charge in [-0.25, -0.2) is 9.97 Å². The van der Waals surface area contributed by atoms with Crippen LogP contribution in [0.3, 0.4) is 0 Å². The summed E-state index contributed by atoms with van der Waals surface area (Å²) in [5, 5.41) is 12.4. The minimum absolute atomic E-state index is 0.0321. The number of benzene rings is 1. The number of thioether (sulfide) groups is 1. The first-order valence-corrected chi connectivity index (χ1v) is 6.73. The van der Waals surface area contributed by atoms with Gasteiger partial charge in [0.05, 0.1) is 12.9 Å². The standard InChI is InChI=1S/C13H13N3O3S/c1-19-10-4-2-3-9(5-10)16-11-6-12(15-8-14-11)20-7-13(17)18/h2-6,8H,7H2,1H3,(H,17,18)(H,14,15,16). The summed E-state index contributed by atoms with van der Waals surface area (Å²) in [6, 6.07) is 9.13. The molecule has 0 amide bonds. The third kappa shape index (κ3) is 4.13. The largest absolute Gasteiger partial charge is 0.497 e. The Morgan fingerprint density at radius 1 is 1.40 bits per heavy atom. The smallest absolute Gasteiger partial charge is 0.313 e. The van der Waals surface area contributed by atoms with Crippen molar-refractivity contribution in [3.05, 3.63) is 36.7 Å². The van der Waals surface area contributed by atoms with Crippen LogP contribution in [0.1, 0.15) is 0 Å². The van der Waals surface area contributed by atoms with Gasteiger partial charge in [-0.05, 0) is 12.1 Å². The molecule has 104 valence electrons. The first kappa shape index (κ1) is 14.1. The molecule has 0 bridgehead atoms. The van der Waals surface area contributed by atoms with E-state index in [2.05, 4.69) is 15.3 Å². The summed E-state index contributed by atoms with van der Waals surface area (Å²) in [5.41, 5.74) is 0.831. The Labute approximate surface area is 120 Å². The predicted molar refractivity (Wildman–Crippen MR) is 76.7 cm³/mol. The van der Waals surface area contributed by atoms with Gasteiger partial charge in [0.15, 0.2) is 0 Å². The zero-order valence-electron chi connectivity index (χ0n) is 10.7. The fourth-order valence-electron chi connectivity index (χ4n) is 1.47. The van der Waals surface area contributed by atoms with Gasteiger partial charge < -0.3 is 15.2 Å². The Bertz CT molecular complexity index is 607. The third-order valence-corrected chi connectivity index (χ3v) is 3.24. The van der Waals surface area contributed by atoms with Crippen LogP contribution in [-0.2, 0) is 4.79 Å². The lowest BCUT2D eigenvalue weighted by atomic mass is 10.3. The normalized spacial score (nSPS) is 10.1. The van der Waals surface area contributed by atoms with Gasteiger partial charge in [-0.3, -0.25) is 4.79 Å². The van der Waals surface area contributed by atoms with E-state index in [0.717, 1.165) is 23.2 Å². The van der Waals surface area contributed by atoms with Crippen molar-refractivity contribution in [3.8, 4) is 5.75 Å². The van der Waals surface area contributed by atoms with Crippen molar-refractivity contribution >= 4 is 29.2 Å². The molecule has 1 heterocycles. The van der Waals surface area contributed by atoms with Crippen molar-refractivity contribution in [2.24, 2.45) is 0 Å². The minimum Gasteiger partial charge on any atom is -0.497 e.